The molecule has 194 valence electrons. The quantitative estimate of drug-likeness (QED) is 0.624. The number of hydrogen-bond acceptors (Lipinski definition) is 5. The molecule has 0 spiro atoms. The average Bonchev–Trinajstić information content (AvgIpc) is 2.86. The Bertz CT molecular complexity index is 1230. The molecule has 3 N–H and O–H groups in total. The fourth-order valence-corrected chi connectivity index (χ4v) is 6.20. The fraction of sp³-hybridized carbons (Fsp3) is 0.417. The van der Waals surface area contributed by atoms with E-state index < -0.39 is 45.5 Å². The van der Waals surface area contributed by atoms with Crippen molar-refractivity contribution in [3.63, 3.8) is 0 Å². The van der Waals surface area contributed by atoms with Gasteiger partial charge in [0.2, 0.25) is 10.0 Å². The minimum atomic E-state index is -4.33. The third-order valence-electron chi connectivity index (χ3n) is 6.55. The Labute approximate surface area is 207 Å². The maximum atomic E-state index is 13.9. The first-order valence-electron chi connectivity index (χ1n) is 11.7. The minimum absolute atomic E-state index is 0.0148. The average molecular weight is 525 g/mol. The summed E-state index contributed by atoms with van der Waals surface area (Å²) in [5, 5.41) is 2.84. The van der Waals surface area contributed by atoms with Crippen molar-refractivity contribution >= 4 is 21.8 Å². The minimum Gasteiger partial charge on any atom is -0.350 e. The highest BCUT2D eigenvalue weighted by atomic mass is 32.2. The van der Waals surface area contributed by atoms with Gasteiger partial charge in [0.1, 0.15) is 5.82 Å². The number of hydrogen-bond donors (Lipinski definition) is 2. The highest BCUT2D eigenvalue weighted by Crippen LogP contribution is 2.27. The Balaban J connectivity index is 1.69. The SMILES string of the molecule is NC1CCC(NC(=O)C2N(C(=O)c3ccc(F)c(F)c3)CCCN2S(=O)(=O)c2ccc(F)cc2)CC1. The number of sulfonamides is 1. The van der Waals surface area contributed by atoms with Crippen molar-refractivity contribution in [3.05, 3.63) is 65.5 Å². The Morgan fingerprint density at radius 3 is 2.22 bits per heavy atom. The van der Waals surface area contributed by atoms with Gasteiger partial charge in [0.25, 0.3) is 11.8 Å². The first-order chi connectivity index (χ1) is 17.1. The molecule has 8 nitrogen and oxygen atoms in total. The van der Waals surface area contributed by atoms with E-state index in [-0.39, 0.29) is 42.1 Å². The monoisotopic (exact) mass is 524 g/mol. The molecule has 2 aromatic rings. The Morgan fingerprint density at radius 2 is 1.58 bits per heavy atom. The Kier molecular flexibility index (Phi) is 7.67. The second-order valence-electron chi connectivity index (χ2n) is 9.04. The molecule has 0 aromatic heterocycles. The molecule has 1 unspecified atom stereocenters. The lowest BCUT2D eigenvalue weighted by atomic mass is 9.92. The number of carbonyl (C=O) groups excluding carboxylic acids is 2. The standard InChI is InChI=1S/C24H27F3N4O4S/c25-16-3-9-19(10-4-16)36(34,35)31-13-1-12-30(24(33)15-2-11-20(26)21(27)14-15)23(31)22(32)29-18-7-5-17(28)6-8-18/h2-4,9-11,14,17-18,23H,1,5-8,12-13,28H2,(H,29,32). The molecule has 2 amide bonds. The molecule has 1 saturated heterocycles. The van der Waals surface area contributed by atoms with E-state index >= 15 is 0 Å². The lowest BCUT2D eigenvalue weighted by Gasteiger charge is -2.42. The third kappa shape index (κ3) is 5.40. The summed E-state index contributed by atoms with van der Waals surface area (Å²) in [6.07, 6.45) is 1.18. The predicted molar refractivity (Wildman–Crippen MR) is 124 cm³/mol. The third-order valence-corrected chi connectivity index (χ3v) is 8.41. The Hall–Kier alpha value is -2.96. The summed E-state index contributed by atoms with van der Waals surface area (Å²) in [6, 6.07) is 6.48. The topological polar surface area (TPSA) is 113 Å². The van der Waals surface area contributed by atoms with Gasteiger partial charge in [-0.25, -0.2) is 21.6 Å². The van der Waals surface area contributed by atoms with Crippen molar-refractivity contribution in [1.82, 2.24) is 14.5 Å². The van der Waals surface area contributed by atoms with Crippen LogP contribution >= 0.6 is 0 Å². The van der Waals surface area contributed by atoms with Crippen molar-refractivity contribution in [1.29, 1.82) is 0 Å². The van der Waals surface area contributed by atoms with Crippen molar-refractivity contribution in [2.75, 3.05) is 13.1 Å². The first kappa shape index (κ1) is 26.1. The van der Waals surface area contributed by atoms with Crippen LogP contribution < -0.4 is 11.1 Å². The molecular weight excluding hydrogens is 497 g/mol. The summed E-state index contributed by atoms with van der Waals surface area (Å²) < 4.78 is 68.6. The molecule has 2 aliphatic rings. The highest BCUT2D eigenvalue weighted by molar-refractivity contribution is 7.89. The number of carbonyl (C=O) groups is 2. The van der Waals surface area contributed by atoms with Crippen LogP contribution in [-0.2, 0) is 14.8 Å². The van der Waals surface area contributed by atoms with Crippen LogP contribution in [0.4, 0.5) is 13.2 Å². The highest BCUT2D eigenvalue weighted by Gasteiger charge is 2.45. The molecule has 2 fully saturated rings. The Morgan fingerprint density at radius 1 is 0.917 bits per heavy atom. The molecule has 12 heteroatoms. The van der Waals surface area contributed by atoms with E-state index in [2.05, 4.69) is 5.32 Å². The summed E-state index contributed by atoms with van der Waals surface area (Å²) in [6.45, 7) is -0.0597. The van der Waals surface area contributed by atoms with Gasteiger partial charge in [-0.3, -0.25) is 9.59 Å². The van der Waals surface area contributed by atoms with Gasteiger partial charge in [-0.15, -0.1) is 0 Å². The molecule has 1 aliphatic carbocycles. The van der Waals surface area contributed by atoms with Crippen LogP contribution in [0.5, 0.6) is 0 Å². The zero-order valence-corrected chi connectivity index (χ0v) is 20.2. The number of nitrogens with one attached hydrogen (secondary N) is 1. The van der Waals surface area contributed by atoms with Gasteiger partial charge in [0, 0.05) is 30.7 Å². The van der Waals surface area contributed by atoms with Gasteiger partial charge in [0.05, 0.1) is 4.90 Å². The molecule has 1 atom stereocenters. The number of benzene rings is 2. The summed E-state index contributed by atoms with van der Waals surface area (Å²) >= 11 is 0. The largest absolute Gasteiger partial charge is 0.350 e. The zero-order chi connectivity index (χ0) is 26.0. The van der Waals surface area contributed by atoms with Gasteiger partial charge >= 0.3 is 0 Å². The van der Waals surface area contributed by atoms with Gasteiger partial charge < -0.3 is 16.0 Å². The van der Waals surface area contributed by atoms with Gasteiger partial charge in [-0.1, -0.05) is 0 Å². The van der Waals surface area contributed by atoms with E-state index in [1.165, 1.54) is 0 Å². The molecule has 36 heavy (non-hydrogen) atoms. The van der Waals surface area contributed by atoms with Crippen molar-refractivity contribution in [3.8, 4) is 0 Å². The van der Waals surface area contributed by atoms with Crippen LogP contribution in [-0.4, -0.2) is 60.8 Å². The second-order valence-corrected chi connectivity index (χ2v) is 10.9. The van der Waals surface area contributed by atoms with Gasteiger partial charge in [0.15, 0.2) is 17.8 Å². The fourth-order valence-electron chi connectivity index (χ4n) is 4.61. The molecule has 2 aromatic carbocycles. The normalized spacial score (nSPS) is 23.3. The molecule has 1 aliphatic heterocycles. The van der Waals surface area contributed by atoms with E-state index in [9.17, 15) is 31.2 Å². The van der Waals surface area contributed by atoms with Crippen LogP contribution in [0.15, 0.2) is 47.4 Å². The molecule has 0 bridgehead atoms. The van der Waals surface area contributed by atoms with Crippen LogP contribution in [0.1, 0.15) is 42.5 Å². The van der Waals surface area contributed by atoms with Crippen molar-refractivity contribution in [2.24, 2.45) is 5.73 Å². The van der Waals surface area contributed by atoms with Crippen LogP contribution in [0.2, 0.25) is 0 Å². The lowest BCUT2D eigenvalue weighted by Crippen LogP contribution is -2.64. The smallest absolute Gasteiger partial charge is 0.259 e. The van der Waals surface area contributed by atoms with E-state index in [4.69, 9.17) is 5.73 Å². The first-order valence-corrected chi connectivity index (χ1v) is 13.1. The van der Waals surface area contributed by atoms with E-state index in [0.29, 0.717) is 31.7 Å². The summed E-state index contributed by atoms with van der Waals surface area (Å²) in [7, 11) is -4.33. The summed E-state index contributed by atoms with van der Waals surface area (Å²) in [5.41, 5.74) is 5.71. The molecule has 4 rings (SSSR count). The van der Waals surface area contributed by atoms with Crippen LogP contribution in [0.25, 0.3) is 0 Å². The number of rotatable bonds is 5. The number of nitrogens with zero attached hydrogens (tertiary/aromatic N) is 2. The zero-order valence-electron chi connectivity index (χ0n) is 19.4. The van der Waals surface area contributed by atoms with E-state index in [0.717, 1.165) is 45.6 Å². The van der Waals surface area contributed by atoms with Crippen LogP contribution in [0, 0.1) is 17.5 Å². The molecular formula is C24H27F3N4O4S. The molecule has 1 heterocycles. The number of nitrogens with two attached hydrogens (primary N) is 1. The number of amides is 2. The van der Waals surface area contributed by atoms with Gasteiger partial charge in [-0.05, 0) is 74.6 Å². The van der Waals surface area contributed by atoms with Crippen molar-refractivity contribution < 1.29 is 31.2 Å². The van der Waals surface area contributed by atoms with Gasteiger partial charge in [-0.2, -0.15) is 4.31 Å². The summed E-state index contributed by atoms with van der Waals surface area (Å²) in [4.78, 5) is 27.7. The maximum Gasteiger partial charge on any atom is 0.259 e. The van der Waals surface area contributed by atoms with Crippen LogP contribution in [0.3, 0.4) is 0 Å². The maximum absolute atomic E-state index is 13.9. The lowest BCUT2D eigenvalue weighted by molar-refractivity contribution is -0.132. The van der Waals surface area contributed by atoms with E-state index in [1.54, 1.807) is 0 Å². The molecule has 1 saturated carbocycles. The molecule has 0 radical (unpaired) electrons. The predicted octanol–water partition coefficient (Wildman–Crippen LogP) is 2.35. The summed E-state index contributed by atoms with van der Waals surface area (Å²) in [5.74, 6) is -4.55. The van der Waals surface area contributed by atoms with E-state index in [1.807, 2.05) is 0 Å². The second kappa shape index (κ2) is 10.6. The van der Waals surface area contributed by atoms with Crippen molar-refractivity contribution in [2.45, 2.75) is 55.2 Å². The number of halogens is 3.